The molecule has 5 heteroatoms. The first-order valence-corrected chi connectivity index (χ1v) is 7.02. The number of hydrogen-bond acceptors (Lipinski definition) is 3. The van der Waals surface area contributed by atoms with Gasteiger partial charge in [-0.05, 0) is 37.9 Å². The number of aryl methyl sites for hydroxylation is 1. The van der Waals surface area contributed by atoms with E-state index in [0.717, 1.165) is 42.8 Å². The van der Waals surface area contributed by atoms with Crippen LogP contribution in [-0.4, -0.2) is 38.4 Å². The molecular formula is C15H19N3O2. The van der Waals surface area contributed by atoms with E-state index in [0.29, 0.717) is 6.54 Å². The highest BCUT2D eigenvalue weighted by Crippen LogP contribution is 2.19. The van der Waals surface area contributed by atoms with Gasteiger partial charge in [-0.2, -0.15) is 0 Å². The van der Waals surface area contributed by atoms with Gasteiger partial charge in [-0.25, -0.2) is 4.98 Å². The van der Waals surface area contributed by atoms with Crippen molar-refractivity contribution in [3.05, 3.63) is 35.8 Å². The predicted molar refractivity (Wildman–Crippen MR) is 75.6 cm³/mol. The summed E-state index contributed by atoms with van der Waals surface area (Å²) in [5, 5.41) is 9.13. The Morgan fingerprint density at radius 3 is 3.15 bits per heavy atom. The molecule has 1 aliphatic rings. The van der Waals surface area contributed by atoms with Crippen LogP contribution in [-0.2, 0) is 11.3 Å². The summed E-state index contributed by atoms with van der Waals surface area (Å²) in [7, 11) is 0. The van der Waals surface area contributed by atoms with E-state index in [1.165, 1.54) is 0 Å². The second-order valence-electron chi connectivity index (χ2n) is 5.57. The predicted octanol–water partition coefficient (Wildman–Crippen LogP) is 1.94. The number of aliphatic carboxylic acids is 1. The molecule has 1 unspecified atom stereocenters. The minimum atomic E-state index is -0.680. The Bertz CT molecular complexity index is 635. The number of nitrogens with zero attached hydrogens (tertiary/aromatic N) is 3. The monoisotopic (exact) mass is 273 g/mol. The molecule has 1 N–H and O–H groups in total. The molecular weight excluding hydrogens is 254 g/mol. The van der Waals surface area contributed by atoms with Crippen LogP contribution >= 0.6 is 0 Å². The molecule has 3 rings (SSSR count). The van der Waals surface area contributed by atoms with Gasteiger partial charge in [0.1, 0.15) is 5.65 Å². The van der Waals surface area contributed by atoms with E-state index in [2.05, 4.69) is 9.88 Å². The number of aromatic nitrogens is 2. The van der Waals surface area contributed by atoms with Gasteiger partial charge in [-0.3, -0.25) is 9.69 Å². The van der Waals surface area contributed by atoms with Gasteiger partial charge in [-0.1, -0.05) is 6.07 Å². The summed E-state index contributed by atoms with van der Waals surface area (Å²) in [4.78, 5) is 17.9. The molecule has 2 aromatic heterocycles. The van der Waals surface area contributed by atoms with E-state index < -0.39 is 5.97 Å². The van der Waals surface area contributed by atoms with Crippen molar-refractivity contribution in [3.8, 4) is 0 Å². The standard InChI is InChI=1S/C15H19N3O2/c1-11-4-2-7-18-10-13(16-14(11)18)9-17-6-3-5-12(8-17)15(19)20/h2,4,7,10,12H,3,5-6,8-9H2,1H3,(H,19,20). The fourth-order valence-corrected chi connectivity index (χ4v) is 2.91. The van der Waals surface area contributed by atoms with Crippen LogP contribution in [0.1, 0.15) is 24.1 Å². The lowest BCUT2D eigenvalue weighted by Crippen LogP contribution is -2.38. The zero-order valence-electron chi connectivity index (χ0n) is 11.6. The summed E-state index contributed by atoms with van der Waals surface area (Å²) in [5.74, 6) is -0.914. The second-order valence-corrected chi connectivity index (χ2v) is 5.57. The average molecular weight is 273 g/mol. The number of rotatable bonds is 3. The summed E-state index contributed by atoms with van der Waals surface area (Å²) in [5.41, 5.74) is 3.14. The molecule has 0 aliphatic carbocycles. The van der Waals surface area contributed by atoms with Gasteiger partial charge < -0.3 is 9.51 Å². The summed E-state index contributed by atoms with van der Waals surface area (Å²) in [6.07, 6.45) is 5.77. The normalized spacial score (nSPS) is 20.4. The lowest BCUT2D eigenvalue weighted by molar-refractivity contribution is -0.143. The number of pyridine rings is 1. The summed E-state index contributed by atoms with van der Waals surface area (Å²) in [6, 6.07) is 4.06. The van der Waals surface area contributed by atoms with E-state index in [4.69, 9.17) is 5.11 Å². The van der Waals surface area contributed by atoms with Crippen molar-refractivity contribution in [2.24, 2.45) is 5.92 Å². The van der Waals surface area contributed by atoms with Crippen molar-refractivity contribution in [1.29, 1.82) is 0 Å². The molecule has 0 aromatic carbocycles. The SMILES string of the molecule is Cc1cccn2cc(CN3CCCC(C(=O)O)C3)nc12. The third-order valence-electron chi connectivity index (χ3n) is 3.97. The highest BCUT2D eigenvalue weighted by Gasteiger charge is 2.25. The van der Waals surface area contributed by atoms with Gasteiger partial charge >= 0.3 is 5.97 Å². The van der Waals surface area contributed by atoms with Gasteiger partial charge in [0, 0.05) is 25.5 Å². The number of carboxylic acid groups (broad SMARTS) is 1. The molecule has 0 radical (unpaired) electrons. The molecule has 0 saturated carbocycles. The average Bonchev–Trinajstić information content (AvgIpc) is 2.83. The molecule has 1 saturated heterocycles. The number of carboxylic acids is 1. The lowest BCUT2D eigenvalue weighted by atomic mass is 9.98. The first kappa shape index (κ1) is 13.1. The Morgan fingerprint density at radius 1 is 1.55 bits per heavy atom. The van der Waals surface area contributed by atoms with E-state index >= 15 is 0 Å². The Labute approximate surface area is 117 Å². The zero-order chi connectivity index (χ0) is 14.1. The van der Waals surface area contributed by atoms with E-state index in [-0.39, 0.29) is 5.92 Å². The minimum absolute atomic E-state index is 0.234. The van der Waals surface area contributed by atoms with Crippen molar-refractivity contribution in [2.45, 2.75) is 26.3 Å². The van der Waals surface area contributed by atoms with Crippen molar-refractivity contribution < 1.29 is 9.90 Å². The molecule has 20 heavy (non-hydrogen) atoms. The van der Waals surface area contributed by atoms with Crippen LogP contribution in [0.25, 0.3) is 5.65 Å². The quantitative estimate of drug-likeness (QED) is 0.928. The van der Waals surface area contributed by atoms with Gasteiger partial charge in [0.25, 0.3) is 0 Å². The summed E-state index contributed by atoms with van der Waals surface area (Å²) >= 11 is 0. The smallest absolute Gasteiger partial charge is 0.307 e. The molecule has 2 aromatic rings. The molecule has 0 amide bonds. The summed E-state index contributed by atoms with van der Waals surface area (Å²) < 4.78 is 2.03. The van der Waals surface area contributed by atoms with Crippen LogP contribution in [0.15, 0.2) is 24.5 Å². The molecule has 3 heterocycles. The molecule has 0 spiro atoms. The Hall–Kier alpha value is -1.88. The molecule has 1 atom stereocenters. The topological polar surface area (TPSA) is 57.8 Å². The summed E-state index contributed by atoms with van der Waals surface area (Å²) in [6.45, 7) is 4.36. The van der Waals surface area contributed by atoms with Crippen molar-refractivity contribution >= 4 is 11.6 Å². The van der Waals surface area contributed by atoms with Crippen LogP contribution in [0.5, 0.6) is 0 Å². The minimum Gasteiger partial charge on any atom is -0.481 e. The fraction of sp³-hybridized carbons (Fsp3) is 0.467. The highest BCUT2D eigenvalue weighted by atomic mass is 16.4. The first-order valence-electron chi connectivity index (χ1n) is 7.02. The third-order valence-corrected chi connectivity index (χ3v) is 3.97. The number of fused-ring (bicyclic) bond motifs is 1. The number of piperidine rings is 1. The van der Waals surface area contributed by atoms with E-state index in [1.807, 2.05) is 35.9 Å². The van der Waals surface area contributed by atoms with Crippen LogP contribution in [0.2, 0.25) is 0 Å². The van der Waals surface area contributed by atoms with Crippen molar-refractivity contribution in [1.82, 2.24) is 14.3 Å². The van der Waals surface area contributed by atoms with E-state index in [9.17, 15) is 4.79 Å². The molecule has 106 valence electrons. The number of imidazole rings is 1. The zero-order valence-corrected chi connectivity index (χ0v) is 11.6. The van der Waals surface area contributed by atoms with Crippen LogP contribution < -0.4 is 0 Å². The third kappa shape index (κ3) is 2.54. The lowest BCUT2D eigenvalue weighted by Gasteiger charge is -2.29. The molecule has 1 fully saturated rings. The number of carbonyl (C=O) groups is 1. The largest absolute Gasteiger partial charge is 0.481 e. The molecule has 1 aliphatic heterocycles. The van der Waals surface area contributed by atoms with Gasteiger partial charge in [0.2, 0.25) is 0 Å². The van der Waals surface area contributed by atoms with Crippen LogP contribution in [0, 0.1) is 12.8 Å². The van der Waals surface area contributed by atoms with Gasteiger partial charge in [0.05, 0.1) is 11.6 Å². The Balaban J connectivity index is 1.76. The first-order chi connectivity index (χ1) is 9.63. The maximum Gasteiger partial charge on any atom is 0.307 e. The molecule has 5 nitrogen and oxygen atoms in total. The van der Waals surface area contributed by atoms with E-state index in [1.54, 1.807) is 0 Å². The second kappa shape index (κ2) is 5.25. The van der Waals surface area contributed by atoms with Crippen molar-refractivity contribution in [3.63, 3.8) is 0 Å². The Morgan fingerprint density at radius 2 is 2.40 bits per heavy atom. The maximum atomic E-state index is 11.1. The highest BCUT2D eigenvalue weighted by molar-refractivity contribution is 5.70. The maximum absolute atomic E-state index is 11.1. The van der Waals surface area contributed by atoms with Gasteiger partial charge in [-0.15, -0.1) is 0 Å². The number of likely N-dealkylation sites (tertiary alicyclic amines) is 1. The van der Waals surface area contributed by atoms with Gasteiger partial charge in [0.15, 0.2) is 0 Å². The number of hydrogen-bond donors (Lipinski definition) is 1. The Kier molecular flexibility index (Phi) is 3.44. The van der Waals surface area contributed by atoms with Crippen LogP contribution in [0.4, 0.5) is 0 Å². The fourth-order valence-electron chi connectivity index (χ4n) is 2.91. The van der Waals surface area contributed by atoms with Crippen LogP contribution in [0.3, 0.4) is 0 Å². The molecule has 0 bridgehead atoms. The van der Waals surface area contributed by atoms with Crippen molar-refractivity contribution in [2.75, 3.05) is 13.1 Å².